The molecule has 3 aliphatic heterocycles. The molecule has 7 nitrogen and oxygen atoms in total. The Labute approximate surface area is 179 Å². The van der Waals surface area contributed by atoms with E-state index in [1.165, 1.54) is 12.8 Å². The van der Waals surface area contributed by atoms with Crippen molar-refractivity contribution in [1.29, 1.82) is 0 Å². The zero-order valence-corrected chi connectivity index (χ0v) is 18.0. The molecule has 164 valence electrons. The number of piperidine rings is 2. The molecule has 3 aliphatic rings. The van der Waals surface area contributed by atoms with Gasteiger partial charge in [0.1, 0.15) is 0 Å². The predicted molar refractivity (Wildman–Crippen MR) is 116 cm³/mol. The fraction of sp³-hybridized carbons (Fsp3) is 0.696. The monoisotopic (exact) mass is 413 g/mol. The number of hydrogen-bond acceptors (Lipinski definition) is 5. The Hall–Kier alpha value is -1.99. The Kier molecular flexibility index (Phi) is 7.33. The maximum absolute atomic E-state index is 12.7. The molecule has 0 aromatic carbocycles. The van der Waals surface area contributed by atoms with Crippen LogP contribution in [-0.2, 0) is 16.1 Å². The molecule has 1 aromatic heterocycles. The topological polar surface area (TPSA) is 68.8 Å². The normalized spacial score (nSPS) is 24.1. The quantitative estimate of drug-likeness (QED) is 0.765. The van der Waals surface area contributed by atoms with E-state index in [-0.39, 0.29) is 11.8 Å². The largest absolute Gasteiger partial charge is 0.350 e. The van der Waals surface area contributed by atoms with Crippen LogP contribution in [-0.4, -0.2) is 83.4 Å². The van der Waals surface area contributed by atoms with Gasteiger partial charge in [0, 0.05) is 31.9 Å². The zero-order valence-electron chi connectivity index (χ0n) is 18.0. The lowest BCUT2D eigenvalue weighted by atomic mass is 9.93. The average Bonchev–Trinajstić information content (AvgIpc) is 3.31. The van der Waals surface area contributed by atoms with E-state index >= 15 is 0 Å². The van der Waals surface area contributed by atoms with E-state index in [0.29, 0.717) is 25.0 Å². The number of nitrogens with zero attached hydrogens (tertiary/aromatic N) is 4. The van der Waals surface area contributed by atoms with E-state index in [0.717, 1.165) is 70.6 Å². The van der Waals surface area contributed by atoms with Gasteiger partial charge in [0.15, 0.2) is 0 Å². The Balaban J connectivity index is 1.21. The van der Waals surface area contributed by atoms with Crippen LogP contribution in [0.15, 0.2) is 24.4 Å². The third-order valence-electron chi connectivity index (χ3n) is 6.88. The van der Waals surface area contributed by atoms with E-state index in [2.05, 4.69) is 25.0 Å². The highest BCUT2D eigenvalue weighted by Gasteiger charge is 2.32. The predicted octanol–water partition coefficient (Wildman–Crippen LogP) is 1.50. The highest BCUT2D eigenvalue weighted by atomic mass is 16.2. The van der Waals surface area contributed by atoms with Crippen molar-refractivity contribution in [2.45, 2.75) is 51.1 Å². The van der Waals surface area contributed by atoms with E-state index in [1.54, 1.807) is 6.20 Å². The fourth-order valence-electron chi connectivity index (χ4n) is 5.09. The zero-order chi connectivity index (χ0) is 20.8. The van der Waals surface area contributed by atoms with Crippen molar-refractivity contribution in [2.24, 2.45) is 5.92 Å². The number of likely N-dealkylation sites (tertiary alicyclic amines) is 3. The second-order valence-corrected chi connectivity index (χ2v) is 8.97. The lowest BCUT2D eigenvalue weighted by molar-refractivity contribution is -0.133. The van der Waals surface area contributed by atoms with Crippen LogP contribution >= 0.6 is 0 Å². The van der Waals surface area contributed by atoms with E-state index < -0.39 is 0 Å². The van der Waals surface area contributed by atoms with Gasteiger partial charge in [-0.05, 0) is 70.3 Å². The lowest BCUT2D eigenvalue weighted by Crippen LogP contribution is -2.52. The minimum absolute atomic E-state index is 0.0530. The second kappa shape index (κ2) is 10.4. The summed E-state index contributed by atoms with van der Waals surface area (Å²) in [6.45, 7) is 6.83. The van der Waals surface area contributed by atoms with Crippen LogP contribution in [0.1, 0.15) is 44.2 Å². The van der Waals surface area contributed by atoms with Crippen LogP contribution < -0.4 is 5.32 Å². The summed E-state index contributed by atoms with van der Waals surface area (Å²) in [5, 5.41) is 3.06. The first-order valence-electron chi connectivity index (χ1n) is 11.6. The molecule has 1 atom stereocenters. The van der Waals surface area contributed by atoms with Gasteiger partial charge in [-0.2, -0.15) is 0 Å². The molecule has 7 heteroatoms. The van der Waals surface area contributed by atoms with Crippen molar-refractivity contribution in [2.75, 3.05) is 45.8 Å². The highest BCUT2D eigenvalue weighted by molar-refractivity contribution is 5.79. The lowest BCUT2D eigenvalue weighted by Gasteiger charge is -2.42. The summed E-state index contributed by atoms with van der Waals surface area (Å²) in [6.07, 6.45) is 8.27. The first-order chi connectivity index (χ1) is 14.7. The van der Waals surface area contributed by atoms with Crippen LogP contribution in [0.25, 0.3) is 0 Å². The Bertz CT molecular complexity index is 699. The van der Waals surface area contributed by atoms with Gasteiger partial charge in [-0.25, -0.2) is 0 Å². The number of amides is 2. The van der Waals surface area contributed by atoms with Gasteiger partial charge >= 0.3 is 0 Å². The van der Waals surface area contributed by atoms with Gasteiger partial charge < -0.3 is 10.2 Å². The molecular weight excluding hydrogens is 378 g/mol. The molecule has 4 heterocycles. The standard InChI is InChI=1S/C23H35N5O2/c29-22(18-26-11-3-4-12-26)27-14-8-21(9-15-27)28-13-5-6-19(17-28)23(30)25-16-20-7-1-2-10-24-20/h1-2,7,10,19,21H,3-6,8-9,11-18H2,(H,25,30)/t19-/m0/s1. The van der Waals surface area contributed by atoms with Gasteiger partial charge in [0.05, 0.1) is 24.7 Å². The second-order valence-electron chi connectivity index (χ2n) is 8.97. The smallest absolute Gasteiger partial charge is 0.236 e. The summed E-state index contributed by atoms with van der Waals surface area (Å²) in [4.78, 5) is 36.4. The summed E-state index contributed by atoms with van der Waals surface area (Å²) in [5.74, 6) is 0.488. The van der Waals surface area contributed by atoms with Gasteiger partial charge in [0.25, 0.3) is 0 Å². The summed E-state index contributed by atoms with van der Waals surface area (Å²) in [7, 11) is 0. The third-order valence-corrected chi connectivity index (χ3v) is 6.88. The van der Waals surface area contributed by atoms with Gasteiger partial charge in [-0.15, -0.1) is 0 Å². The van der Waals surface area contributed by atoms with Gasteiger partial charge in [-0.3, -0.25) is 24.4 Å². The first kappa shape index (κ1) is 21.2. The Morgan fingerprint density at radius 1 is 1.00 bits per heavy atom. The molecule has 1 aromatic rings. The maximum Gasteiger partial charge on any atom is 0.236 e. The molecule has 0 bridgehead atoms. The molecule has 4 rings (SSSR count). The van der Waals surface area contributed by atoms with Gasteiger partial charge in [-0.1, -0.05) is 6.07 Å². The van der Waals surface area contributed by atoms with Crippen molar-refractivity contribution in [3.05, 3.63) is 30.1 Å². The molecule has 30 heavy (non-hydrogen) atoms. The molecule has 0 radical (unpaired) electrons. The van der Waals surface area contributed by atoms with Crippen molar-refractivity contribution < 1.29 is 9.59 Å². The highest BCUT2D eigenvalue weighted by Crippen LogP contribution is 2.24. The molecule has 3 saturated heterocycles. The molecule has 1 N–H and O–H groups in total. The Morgan fingerprint density at radius 3 is 2.53 bits per heavy atom. The maximum atomic E-state index is 12.7. The minimum Gasteiger partial charge on any atom is -0.350 e. The molecule has 0 aliphatic carbocycles. The summed E-state index contributed by atoms with van der Waals surface area (Å²) in [6, 6.07) is 6.26. The van der Waals surface area contributed by atoms with Crippen molar-refractivity contribution in [3.63, 3.8) is 0 Å². The number of carbonyl (C=O) groups is 2. The summed E-state index contributed by atoms with van der Waals surface area (Å²) >= 11 is 0. The molecule has 2 amide bonds. The van der Waals surface area contributed by atoms with Crippen molar-refractivity contribution >= 4 is 11.8 Å². The number of rotatable bonds is 6. The van der Waals surface area contributed by atoms with Gasteiger partial charge in [0.2, 0.25) is 11.8 Å². The fourth-order valence-corrected chi connectivity index (χ4v) is 5.09. The molecule has 0 unspecified atom stereocenters. The summed E-state index contributed by atoms with van der Waals surface area (Å²) < 4.78 is 0. The number of carbonyl (C=O) groups excluding carboxylic acids is 2. The van der Waals surface area contributed by atoms with Crippen LogP contribution in [0.4, 0.5) is 0 Å². The molecular formula is C23H35N5O2. The number of pyridine rings is 1. The minimum atomic E-state index is 0.0530. The molecule has 0 spiro atoms. The van der Waals surface area contributed by atoms with Crippen LogP contribution in [0.5, 0.6) is 0 Å². The van der Waals surface area contributed by atoms with Crippen molar-refractivity contribution in [1.82, 2.24) is 25.0 Å². The van der Waals surface area contributed by atoms with E-state index in [4.69, 9.17) is 0 Å². The molecule has 0 saturated carbocycles. The summed E-state index contributed by atoms with van der Waals surface area (Å²) in [5.41, 5.74) is 0.893. The van der Waals surface area contributed by atoms with Crippen molar-refractivity contribution in [3.8, 4) is 0 Å². The number of aromatic nitrogens is 1. The number of nitrogens with one attached hydrogen (secondary N) is 1. The average molecular weight is 414 g/mol. The third kappa shape index (κ3) is 5.58. The van der Waals surface area contributed by atoms with Crippen LogP contribution in [0.2, 0.25) is 0 Å². The SMILES string of the molecule is O=C(NCc1ccccn1)[C@H]1CCCN(C2CCN(C(=O)CN3CCCC3)CC2)C1. The Morgan fingerprint density at radius 2 is 1.80 bits per heavy atom. The van der Waals surface area contributed by atoms with E-state index in [1.807, 2.05) is 18.2 Å². The van der Waals surface area contributed by atoms with Crippen LogP contribution in [0, 0.1) is 5.92 Å². The first-order valence-corrected chi connectivity index (χ1v) is 11.6. The molecule has 3 fully saturated rings. The van der Waals surface area contributed by atoms with Crippen LogP contribution in [0.3, 0.4) is 0 Å². The van der Waals surface area contributed by atoms with E-state index in [9.17, 15) is 9.59 Å². The number of hydrogen-bond donors (Lipinski definition) is 1.